The van der Waals surface area contributed by atoms with Crippen molar-refractivity contribution in [3.63, 3.8) is 0 Å². The van der Waals surface area contributed by atoms with Gasteiger partial charge < -0.3 is 5.11 Å². The number of hydrogen-bond donors (Lipinski definition) is 1. The summed E-state index contributed by atoms with van der Waals surface area (Å²) in [6.45, 7) is 2.02. The molecule has 1 nitrogen and oxygen atoms in total. The molecule has 1 N–H and O–H groups in total. The van der Waals surface area contributed by atoms with E-state index in [2.05, 4.69) is 54.6 Å². The lowest BCUT2D eigenvalue weighted by molar-refractivity contribution is 0.175. The van der Waals surface area contributed by atoms with Crippen LogP contribution in [0.1, 0.15) is 25.0 Å². The normalized spacial score (nSPS) is 13.5. The quantitative estimate of drug-likeness (QED) is 0.501. The maximum Gasteiger partial charge on any atom is 0.0793 e. The van der Waals surface area contributed by atoms with Crippen LogP contribution in [0.2, 0.25) is 0 Å². The summed E-state index contributed by atoms with van der Waals surface area (Å²) in [5.74, 6) is 0. The first-order valence-corrected chi connectivity index (χ1v) is 7.14. The van der Waals surface area contributed by atoms with Gasteiger partial charge in [-0.25, -0.2) is 0 Å². The molecule has 0 aromatic heterocycles. The van der Waals surface area contributed by atoms with Gasteiger partial charge >= 0.3 is 0 Å². The number of rotatable bonds is 2. The molecule has 0 aliphatic carbocycles. The number of hydrogen-bond acceptors (Lipinski definition) is 1. The van der Waals surface area contributed by atoms with Gasteiger partial charge in [-0.15, -0.1) is 0 Å². The predicted molar refractivity (Wildman–Crippen MR) is 85.4 cm³/mol. The van der Waals surface area contributed by atoms with Gasteiger partial charge in [0.2, 0.25) is 0 Å². The lowest BCUT2D eigenvalue weighted by Gasteiger charge is -2.16. The van der Waals surface area contributed by atoms with Crippen LogP contribution in [0.3, 0.4) is 0 Å². The van der Waals surface area contributed by atoms with Crippen molar-refractivity contribution in [1.82, 2.24) is 0 Å². The summed E-state index contributed by atoms with van der Waals surface area (Å²) in [5, 5.41) is 17.8. The van der Waals surface area contributed by atoms with Crippen LogP contribution < -0.4 is 0 Å². The van der Waals surface area contributed by atoms with Gasteiger partial charge in [-0.3, -0.25) is 0 Å². The van der Waals surface area contributed by atoms with E-state index in [4.69, 9.17) is 0 Å². The first-order chi connectivity index (χ1) is 9.79. The minimum atomic E-state index is -0.389. The third-order valence-corrected chi connectivity index (χ3v) is 4.31. The van der Waals surface area contributed by atoms with E-state index in [0.29, 0.717) is 0 Å². The van der Waals surface area contributed by atoms with Crippen molar-refractivity contribution in [2.45, 2.75) is 19.4 Å². The van der Waals surface area contributed by atoms with Crippen LogP contribution >= 0.6 is 0 Å². The number of aliphatic hydroxyl groups excluding tert-OH is 1. The predicted octanol–water partition coefficient (Wildman–Crippen LogP) is 5.03. The second kappa shape index (κ2) is 4.19. The van der Waals surface area contributed by atoms with Crippen molar-refractivity contribution >= 4 is 32.3 Å². The summed E-state index contributed by atoms with van der Waals surface area (Å²) >= 11 is 0. The Bertz CT molecular complexity index is 892. The minimum Gasteiger partial charge on any atom is -0.388 e. The summed E-state index contributed by atoms with van der Waals surface area (Å²) in [4.78, 5) is 0. The highest BCUT2D eigenvalue weighted by Gasteiger charge is 2.13. The Kier molecular flexibility index (Phi) is 2.45. The fourth-order valence-corrected chi connectivity index (χ4v) is 3.27. The molecule has 98 valence electrons. The molecule has 0 saturated carbocycles. The van der Waals surface area contributed by atoms with E-state index in [1.165, 1.54) is 32.3 Å². The topological polar surface area (TPSA) is 20.2 Å². The molecule has 0 spiro atoms. The van der Waals surface area contributed by atoms with Crippen molar-refractivity contribution in [1.29, 1.82) is 0 Å². The van der Waals surface area contributed by atoms with E-state index < -0.39 is 0 Å². The molecule has 0 heterocycles. The fraction of sp³-hybridized carbons (Fsp3) is 0.158. The molecule has 1 unspecified atom stereocenters. The molecule has 20 heavy (non-hydrogen) atoms. The summed E-state index contributed by atoms with van der Waals surface area (Å²) in [6.07, 6.45) is 0.351. The Morgan fingerprint density at radius 3 is 2.10 bits per heavy atom. The summed E-state index contributed by atoms with van der Waals surface area (Å²) in [6, 6.07) is 19.3. The van der Waals surface area contributed by atoms with Crippen LogP contribution in [0.5, 0.6) is 0 Å². The maximum absolute atomic E-state index is 10.3. The largest absolute Gasteiger partial charge is 0.388 e. The molecular formula is C19H16O. The van der Waals surface area contributed by atoms with Crippen molar-refractivity contribution in [2.24, 2.45) is 0 Å². The van der Waals surface area contributed by atoms with E-state index in [1.807, 2.05) is 6.92 Å². The fourth-order valence-electron chi connectivity index (χ4n) is 3.27. The Morgan fingerprint density at radius 2 is 1.40 bits per heavy atom. The van der Waals surface area contributed by atoms with Crippen molar-refractivity contribution < 1.29 is 5.11 Å². The molecule has 1 atom stereocenters. The molecule has 4 aromatic rings. The first-order valence-electron chi connectivity index (χ1n) is 7.14. The zero-order chi connectivity index (χ0) is 13.7. The van der Waals surface area contributed by atoms with E-state index >= 15 is 0 Å². The van der Waals surface area contributed by atoms with Gasteiger partial charge in [0.05, 0.1) is 6.10 Å². The maximum atomic E-state index is 10.3. The highest BCUT2D eigenvalue weighted by molar-refractivity contribution is 6.23. The summed E-state index contributed by atoms with van der Waals surface area (Å²) in [5.41, 5.74) is 1.04. The van der Waals surface area contributed by atoms with Gasteiger partial charge in [0.25, 0.3) is 0 Å². The van der Waals surface area contributed by atoms with E-state index in [-0.39, 0.29) is 6.10 Å². The van der Waals surface area contributed by atoms with Crippen LogP contribution in [-0.4, -0.2) is 5.11 Å². The second-order valence-electron chi connectivity index (χ2n) is 5.43. The lowest BCUT2D eigenvalue weighted by Crippen LogP contribution is -1.97. The Balaban J connectivity index is 2.26. The second-order valence-corrected chi connectivity index (χ2v) is 5.43. The molecule has 1 heteroatoms. The smallest absolute Gasteiger partial charge is 0.0793 e. The lowest BCUT2D eigenvalue weighted by atomic mass is 9.90. The Labute approximate surface area is 117 Å². The molecular weight excluding hydrogens is 244 g/mol. The number of aliphatic hydroxyl groups is 1. The molecule has 0 saturated heterocycles. The van der Waals surface area contributed by atoms with Crippen molar-refractivity contribution in [3.05, 3.63) is 60.2 Å². The molecule has 0 aliphatic rings. The Morgan fingerprint density at radius 1 is 0.800 bits per heavy atom. The van der Waals surface area contributed by atoms with Gasteiger partial charge in [0.15, 0.2) is 0 Å². The Hall–Kier alpha value is -2.12. The number of benzene rings is 4. The van der Waals surface area contributed by atoms with Crippen molar-refractivity contribution in [3.8, 4) is 0 Å². The summed E-state index contributed by atoms with van der Waals surface area (Å²) in [7, 11) is 0. The van der Waals surface area contributed by atoms with E-state index in [0.717, 1.165) is 12.0 Å². The average molecular weight is 260 g/mol. The molecule has 0 fully saturated rings. The van der Waals surface area contributed by atoms with Gasteiger partial charge in [-0.2, -0.15) is 0 Å². The van der Waals surface area contributed by atoms with Crippen LogP contribution in [0.25, 0.3) is 32.3 Å². The van der Waals surface area contributed by atoms with E-state index in [1.54, 1.807) is 0 Å². The van der Waals surface area contributed by atoms with Gasteiger partial charge in [0, 0.05) is 0 Å². The third-order valence-electron chi connectivity index (χ3n) is 4.31. The molecule has 0 aliphatic heterocycles. The van der Waals surface area contributed by atoms with Crippen LogP contribution in [0.15, 0.2) is 54.6 Å². The third kappa shape index (κ3) is 1.47. The molecule has 0 radical (unpaired) electrons. The SMILES string of the molecule is CCC(O)c1ccc2ccc3cccc4ccc1c2c34. The monoisotopic (exact) mass is 260 g/mol. The standard InChI is InChI=1S/C19H16O/c1-2-17(20)15-10-8-14-7-6-12-4-3-5-13-9-11-16(15)19(14)18(12)13/h3-11,17,20H,2H2,1H3. The summed E-state index contributed by atoms with van der Waals surface area (Å²) < 4.78 is 0. The zero-order valence-corrected chi connectivity index (χ0v) is 11.4. The molecule has 0 bridgehead atoms. The molecule has 4 aromatic carbocycles. The first kappa shape index (κ1) is 11.7. The minimum absolute atomic E-state index is 0.389. The van der Waals surface area contributed by atoms with E-state index in [9.17, 15) is 5.11 Å². The van der Waals surface area contributed by atoms with Gasteiger partial charge in [-0.05, 0) is 44.3 Å². The molecule has 0 amide bonds. The van der Waals surface area contributed by atoms with Crippen LogP contribution in [0, 0.1) is 0 Å². The van der Waals surface area contributed by atoms with Crippen LogP contribution in [0.4, 0.5) is 0 Å². The zero-order valence-electron chi connectivity index (χ0n) is 11.4. The van der Waals surface area contributed by atoms with Gasteiger partial charge in [-0.1, -0.05) is 61.5 Å². The average Bonchev–Trinajstić information content (AvgIpc) is 2.51. The molecule has 4 rings (SSSR count). The highest BCUT2D eigenvalue weighted by Crippen LogP contribution is 2.37. The van der Waals surface area contributed by atoms with Crippen LogP contribution in [-0.2, 0) is 0 Å². The highest BCUT2D eigenvalue weighted by atomic mass is 16.3. The van der Waals surface area contributed by atoms with Gasteiger partial charge in [0.1, 0.15) is 0 Å². The van der Waals surface area contributed by atoms with Crippen molar-refractivity contribution in [2.75, 3.05) is 0 Å².